The number of nitro groups is 1. The van der Waals surface area contributed by atoms with E-state index in [1.165, 1.54) is 25.1 Å². The predicted molar refractivity (Wildman–Crippen MR) is 55.6 cm³/mol. The van der Waals surface area contributed by atoms with Crippen molar-refractivity contribution in [3.05, 3.63) is 33.9 Å². The largest absolute Gasteiger partial charge is 0.479 e. The van der Waals surface area contributed by atoms with Crippen molar-refractivity contribution in [2.75, 3.05) is 0 Å². The normalized spacial score (nSPS) is 11.9. The molecule has 0 radical (unpaired) electrons. The third kappa shape index (κ3) is 2.69. The second-order valence-electron chi connectivity index (χ2n) is 3.30. The molecule has 0 aromatic heterocycles. The maximum atomic E-state index is 10.5. The summed E-state index contributed by atoms with van der Waals surface area (Å²) < 4.78 is 5.07. The van der Waals surface area contributed by atoms with E-state index >= 15 is 0 Å². The first-order valence-corrected chi connectivity index (χ1v) is 4.56. The third-order valence-electron chi connectivity index (χ3n) is 2.03. The van der Waals surface area contributed by atoms with E-state index in [0.717, 1.165) is 0 Å². The number of hydrogen-bond acceptors (Lipinski definition) is 4. The lowest BCUT2D eigenvalue weighted by molar-refractivity contribution is -0.385. The van der Waals surface area contributed by atoms with Gasteiger partial charge in [0.25, 0.3) is 5.69 Å². The molecule has 0 aliphatic heterocycles. The summed E-state index contributed by atoms with van der Waals surface area (Å²) in [6, 6.07) is 4.11. The number of carboxylic acid groups (broad SMARTS) is 1. The highest BCUT2D eigenvalue weighted by Crippen LogP contribution is 2.23. The molecule has 1 N–H and O–H groups in total. The van der Waals surface area contributed by atoms with Gasteiger partial charge in [-0.2, -0.15) is 0 Å². The van der Waals surface area contributed by atoms with E-state index < -0.39 is 17.0 Å². The van der Waals surface area contributed by atoms with Crippen LogP contribution in [0.4, 0.5) is 5.69 Å². The van der Waals surface area contributed by atoms with Crippen molar-refractivity contribution in [2.24, 2.45) is 0 Å². The zero-order valence-electron chi connectivity index (χ0n) is 8.84. The highest BCUT2D eigenvalue weighted by Gasteiger charge is 2.15. The molecule has 1 aromatic rings. The monoisotopic (exact) mass is 225 g/mol. The van der Waals surface area contributed by atoms with Crippen molar-refractivity contribution in [1.29, 1.82) is 0 Å². The molecule has 0 heterocycles. The van der Waals surface area contributed by atoms with Crippen molar-refractivity contribution in [2.45, 2.75) is 20.0 Å². The van der Waals surface area contributed by atoms with E-state index in [1.54, 1.807) is 6.92 Å². The summed E-state index contributed by atoms with van der Waals surface area (Å²) in [5, 5.41) is 19.2. The quantitative estimate of drug-likeness (QED) is 0.622. The highest BCUT2D eigenvalue weighted by molar-refractivity contribution is 5.72. The van der Waals surface area contributed by atoms with Gasteiger partial charge in [-0.05, 0) is 26.0 Å². The fraction of sp³-hybridized carbons (Fsp3) is 0.300. The summed E-state index contributed by atoms with van der Waals surface area (Å²) in [5.41, 5.74) is 0.412. The number of aliphatic carboxylic acids is 1. The van der Waals surface area contributed by atoms with Gasteiger partial charge in [0.05, 0.1) is 4.92 Å². The molecule has 0 saturated heterocycles. The van der Waals surface area contributed by atoms with Gasteiger partial charge in [0, 0.05) is 11.6 Å². The van der Waals surface area contributed by atoms with Crippen LogP contribution in [0.1, 0.15) is 12.5 Å². The van der Waals surface area contributed by atoms with Crippen LogP contribution in [0.15, 0.2) is 18.2 Å². The van der Waals surface area contributed by atoms with E-state index in [2.05, 4.69) is 0 Å². The molecule has 0 fully saturated rings. The van der Waals surface area contributed by atoms with Gasteiger partial charge >= 0.3 is 5.97 Å². The standard InChI is InChI=1S/C10H11NO5/c1-6-5-8(16-7(2)10(12)13)3-4-9(6)11(14)15/h3-5,7H,1-2H3,(H,12,13). The number of nitrogens with zero attached hydrogens (tertiary/aromatic N) is 1. The maximum Gasteiger partial charge on any atom is 0.344 e. The minimum absolute atomic E-state index is 0.0182. The first-order chi connectivity index (χ1) is 7.41. The van der Waals surface area contributed by atoms with Crippen LogP contribution in [-0.4, -0.2) is 22.1 Å². The number of rotatable bonds is 4. The van der Waals surface area contributed by atoms with Crippen molar-refractivity contribution in [1.82, 2.24) is 0 Å². The number of benzene rings is 1. The molecule has 1 rings (SSSR count). The summed E-state index contributed by atoms with van der Waals surface area (Å²) in [4.78, 5) is 20.6. The van der Waals surface area contributed by atoms with Gasteiger partial charge < -0.3 is 9.84 Å². The van der Waals surface area contributed by atoms with Crippen LogP contribution < -0.4 is 4.74 Å². The van der Waals surface area contributed by atoms with Crippen molar-refractivity contribution < 1.29 is 19.6 Å². The Balaban J connectivity index is 2.89. The molecule has 1 aromatic carbocycles. The average Bonchev–Trinajstić information content (AvgIpc) is 2.16. The van der Waals surface area contributed by atoms with E-state index in [4.69, 9.17) is 9.84 Å². The van der Waals surface area contributed by atoms with Crippen molar-refractivity contribution in [3.63, 3.8) is 0 Å². The summed E-state index contributed by atoms with van der Waals surface area (Å²) in [6.45, 7) is 2.95. The van der Waals surface area contributed by atoms with Crippen LogP contribution in [0.2, 0.25) is 0 Å². The first-order valence-electron chi connectivity index (χ1n) is 4.56. The Labute approximate surface area is 91.6 Å². The molecule has 1 atom stereocenters. The lowest BCUT2D eigenvalue weighted by Crippen LogP contribution is -2.22. The fourth-order valence-electron chi connectivity index (χ4n) is 1.16. The van der Waals surface area contributed by atoms with E-state index in [9.17, 15) is 14.9 Å². The predicted octanol–water partition coefficient (Wildman–Crippen LogP) is 1.76. The number of carbonyl (C=O) groups is 1. The smallest absolute Gasteiger partial charge is 0.344 e. The Hall–Kier alpha value is -2.11. The summed E-state index contributed by atoms with van der Waals surface area (Å²) in [6.07, 6.45) is -0.985. The molecule has 0 saturated carbocycles. The molecular weight excluding hydrogens is 214 g/mol. The first kappa shape index (κ1) is 12.0. The van der Waals surface area contributed by atoms with E-state index in [-0.39, 0.29) is 5.69 Å². The molecule has 86 valence electrons. The molecule has 6 nitrogen and oxygen atoms in total. The van der Waals surface area contributed by atoms with Gasteiger partial charge in [0.1, 0.15) is 5.75 Å². The zero-order chi connectivity index (χ0) is 12.3. The van der Waals surface area contributed by atoms with E-state index in [1.807, 2.05) is 0 Å². The SMILES string of the molecule is Cc1cc(OC(C)C(=O)O)ccc1[N+](=O)[O-]. The lowest BCUT2D eigenvalue weighted by Gasteiger charge is -2.10. The van der Waals surface area contributed by atoms with Crippen LogP contribution in [-0.2, 0) is 4.79 Å². The van der Waals surface area contributed by atoms with Gasteiger partial charge in [-0.3, -0.25) is 10.1 Å². The average molecular weight is 225 g/mol. The van der Waals surface area contributed by atoms with Gasteiger partial charge in [0.15, 0.2) is 6.10 Å². The van der Waals surface area contributed by atoms with Gasteiger partial charge in [0.2, 0.25) is 0 Å². The molecule has 0 aliphatic carbocycles. The van der Waals surface area contributed by atoms with Crippen LogP contribution >= 0.6 is 0 Å². The number of carboxylic acids is 1. The Bertz CT molecular complexity index is 429. The highest BCUT2D eigenvalue weighted by atomic mass is 16.6. The fourth-order valence-corrected chi connectivity index (χ4v) is 1.16. The van der Waals surface area contributed by atoms with E-state index in [0.29, 0.717) is 11.3 Å². The molecule has 1 unspecified atom stereocenters. The second kappa shape index (κ2) is 4.61. The molecule has 0 aliphatic rings. The Kier molecular flexibility index (Phi) is 3.44. The van der Waals surface area contributed by atoms with Crippen LogP contribution in [0, 0.1) is 17.0 Å². The Morgan fingerprint density at radius 3 is 2.62 bits per heavy atom. The number of nitro benzene ring substituents is 1. The molecule has 0 bridgehead atoms. The number of ether oxygens (including phenoxy) is 1. The van der Waals surface area contributed by atoms with Crippen LogP contribution in [0.5, 0.6) is 5.75 Å². The minimum atomic E-state index is -1.09. The van der Waals surface area contributed by atoms with Gasteiger partial charge in [-0.25, -0.2) is 4.79 Å². The van der Waals surface area contributed by atoms with Crippen LogP contribution in [0.3, 0.4) is 0 Å². The summed E-state index contributed by atoms with van der Waals surface area (Å²) >= 11 is 0. The van der Waals surface area contributed by atoms with Crippen molar-refractivity contribution in [3.8, 4) is 5.75 Å². The summed E-state index contributed by atoms with van der Waals surface area (Å²) in [5.74, 6) is -0.783. The maximum absolute atomic E-state index is 10.5. The number of hydrogen-bond donors (Lipinski definition) is 1. The zero-order valence-corrected chi connectivity index (χ0v) is 8.84. The van der Waals surface area contributed by atoms with Gasteiger partial charge in [-0.15, -0.1) is 0 Å². The Morgan fingerprint density at radius 1 is 1.56 bits per heavy atom. The number of aryl methyl sites for hydroxylation is 1. The second-order valence-corrected chi connectivity index (χ2v) is 3.30. The molecule has 6 heteroatoms. The van der Waals surface area contributed by atoms with Gasteiger partial charge in [-0.1, -0.05) is 0 Å². The molecular formula is C10H11NO5. The lowest BCUT2D eigenvalue weighted by atomic mass is 10.2. The van der Waals surface area contributed by atoms with Crippen LogP contribution in [0.25, 0.3) is 0 Å². The summed E-state index contributed by atoms with van der Waals surface area (Å²) in [7, 11) is 0. The molecule has 16 heavy (non-hydrogen) atoms. The Morgan fingerprint density at radius 2 is 2.19 bits per heavy atom. The van der Waals surface area contributed by atoms with Crippen molar-refractivity contribution >= 4 is 11.7 Å². The molecule has 0 amide bonds. The minimum Gasteiger partial charge on any atom is -0.479 e. The third-order valence-corrected chi connectivity index (χ3v) is 2.03. The topological polar surface area (TPSA) is 89.7 Å². The molecule has 0 spiro atoms.